The van der Waals surface area contributed by atoms with E-state index in [1.807, 2.05) is 36.7 Å². The van der Waals surface area contributed by atoms with Crippen molar-refractivity contribution < 1.29 is 4.79 Å². The number of rotatable bonds is 6. The molecule has 7 heteroatoms. The van der Waals surface area contributed by atoms with Crippen LogP contribution >= 0.6 is 23.1 Å². The largest absolute Gasteiger partial charge is 0.356 e. The average molecular weight is 363 g/mol. The van der Waals surface area contributed by atoms with Crippen LogP contribution in [0.1, 0.15) is 18.5 Å². The van der Waals surface area contributed by atoms with Gasteiger partial charge in [0.25, 0.3) is 0 Å². The summed E-state index contributed by atoms with van der Waals surface area (Å²) in [6, 6.07) is 6.01. The van der Waals surface area contributed by atoms with Crippen molar-refractivity contribution in [2.45, 2.75) is 24.1 Å². The van der Waals surface area contributed by atoms with E-state index in [4.69, 9.17) is 0 Å². The topological polar surface area (TPSA) is 58.1 Å². The number of nitrogens with zero attached hydrogens (tertiary/aromatic N) is 3. The number of thiazole rings is 1. The first-order valence-corrected chi connectivity index (χ1v) is 10.0. The highest BCUT2D eigenvalue weighted by molar-refractivity contribution is 8.01. The molecule has 3 rings (SSSR count). The molecule has 2 aromatic heterocycles. The zero-order valence-electron chi connectivity index (χ0n) is 13.8. The monoisotopic (exact) mass is 362 g/mol. The molecule has 0 aromatic carbocycles. The van der Waals surface area contributed by atoms with E-state index in [9.17, 15) is 4.79 Å². The van der Waals surface area contributed by atoms with Gasteiger partial charge in [0.1, 0.15) is 5.82 Å². The Labute approximate surface area is 150 Å². The summed E-state index contributed by atoms with van der Waals surface area (Å²) in [6.45, 7) is 4.70. The molecular formula is C17H22N4OS2. The van der Waals surface area contributed by atoms with Gasteiger partial charge in [-0.1, -0.05) is 17.8 Å². The summed E-state index contributed by atoms with van der Waals surface area (Å²) in [5, 5.41) is 5.08. The number of aryl methyl sites for hydroxylation is 1. The maximum atomic E-state index is 12.0. The second-order valence-electron chi connectivity index (χ2n) is 5.99. The third kappa shape index (κ3) is 4.95. The van der Waals surface area contributed by atoms with E-state index in [2.05, 4.69) is 20.2 Å². The molecule has 1 atom stereocenters. The van der Waals surface area contributed by atoms with E-state index in [0.717, 1.165) is 48.3 Å². The molecule has 3 heterocycles. The Morgan fingerprint density at radius 3 is 3.17 bits per heavy atom. The minimum Gasteiger partial charge on any atom is -0.356 e. The molecule has 1 aliphatic rings. The van der Waals surface area contributed by atoms with Crippen molar-refractivity contribution in [1.82, 2.24) is 15.3 Å². The van der Waals surface area contributed by atoms with Crippen LogP contribution in [0.25, 0.3) is 0 Å². The SMILES string of the molecule is Cc1csc(SCC(=O)NC[C@@H]2CCCN(c3ccccn3)C2)n1. The molecule has 5 nitrogen and oxygen atoms in total. The van der Waals surface area contributed by atoms with Crippen LogP contribution in [0.4, 0.5) is 5.82 Å². The molecule has 1 amide bonds. The van der Waals surface area contributed by atoms with Crippen molar-refractivity contribution in [3.05, 3.63) is 35.5 Å². The van der Waals surface area contributed by atoms with Gasteiger partial charge in [-0.25, -0.2) is 9.97 Å². The van der Waals surface area contributed by atoms with Crippen molar-refractivity contribution >= 4 is 34.8 Å². The Morgan fingerprint density at radius 2 is 2.42 bits per heavy atom. The van der Waals surface area contributed by atoms with Gasteiger partial charge in [-0.2, -0.15) is 0 Å². The lowest BCUT2D eigenvalue weighted by Gasteiger charge is -2.33. The Hall–Kier alpha value is -1.60. The van der Waals surface area contributed by atoms with Crippen LogP contribution in [0.5, 0.6) is 0 Å². The highest BCUT2D eigenvalue weighted by atomic mass is 32.2. The van der Waals surface area contributed by atoms with E-state index in [1.54, 1.807) is 11.3 Å². The minimum atomic E-state index is 0.0859. The van der Waals surface area contributed by atoms with Gasteiger partial charge < -0.3 is 10.2 Å². The molecule has 1 fully saturated rings. The Morgan fingerprint density at radius 1 is 1.50 bits per heavy atom. The van der Waals surface area contributed by atoms with E-state index in [0.29, 0.717) is 11.7 Å². The molecular weight excluding hydrogens is 340 g/mol. The molecule has 0 spiro atoms. The van der Waals surface area contributed by atoms with Gasteiger partial charge in [-0.3, -0.25) is 4.79 Å². The Balaban J connectivity index is 1.41. The second-order valence-corrected chi connectivity index (χ2v) is 8.07. The zero-order valence-corrected chi connectivity index (χ0v) is 15.4. The van der Waals surface area contributed by atoms with Gasteiger partial charge >= 0.3 is 0 Å². The van der Waals surface area contributed by atoms with Gasteiger partial charge in [0.05, 0.1) is 5.75 Å². The number of amides is 1. The van der Waals surface area contributed by atoms with Crippen LogP contribution in [-0.2, 0) is 4.79 Å². The number of pyridine rings is 1. The summed E-state index contributed by atoms with van der Waals surface area (Å²) in [7, 11) is 0. The number of nitrogens with one attached hydrogen (secondary N) is 1. The number of carbonyl (C=O) groups is 1. The van der Waals surface area contributed by atoms with Crippen molar-refractivity contribution in [2.75, 3.05) is 30.3 Å². The third-order valence-corrected chi connectivity index (χ3v) is 6.14. The first kappa shape index (κ1) is 17.2. The molecule has 1 aliphatic heterocycles. The Bertz CT molecular complexity index is 662. The predicted octanol–water partition coefficient (Wildman–Crippen LogP) is 2.97. The molecule has 0 unspecified atom stereocenters. The summed E-state index contributed by atoms with van der Waals surface area (Å²) >= 11 is 3.10. The Kier molecular flexibility index (Phi) is 6.09. The van der Waals surface area contributed by atoms with E-state index in [-0.39, 0.29) is 5.91 Å². The highest BCUT2D eigenvalue weighted by Crippen LogP contribution is 2.23. The number of hydrogen-bond donors (Lipinski definition) is 1. The molecule has 1 saturated heterocycles. The molecule has 0 saturated carbocycles. The van der Waals surface area contributed by atoms with Crippen LogP contribution in [0, 0.1) is 12.8 Å². The number of aromatic nitrogens is 2. The lowest BCUT2D eigenvalue weighted by molar-refractivity contribution is -0.118. The van der Waals surface area contributed by atoms with Crippen molar-refractivity contribution in [1.29, 1.82) is 0 Å². The van der Waals surface area contributed by atoms with Crippen LogP contribution in [-0.4, -0.2) is 41.3 Å². The number of hydrogen-bond acceptors (Lipinski definition) is 6. The number of piperidine rings is 1. The predicted molar refractivity (Wildman–Crippen MR) is 99.8 cm³/mol. The fourth-order valence-electron chi connectivity index (χ4n) is 2.82. The van der Waals surface area contributed by atoms with Gasteiger partial charge in [-0.05, 0) is 37.8 Å². The average Bonchev–Trinajstić information content (AvgIpc) is 3.04. The molecule has 2 aromatic rings. The number of carbonyl (C=O) groups excluding carboxylic acids is 1. The van der Waals surface area contributed by atoms with Gasteiger partial charge in [0.15, 0.2) is 4.34 Å². The van der Waals surface area contributed by atoms with E-state index in [1.165, 1.54) is 11.8 Å². The molecule has 1 N–H and O–H groups in total. The van der Waals surface area contributed by atoms with Gasteiger partial charge in [0.2, 0.25) is 5.91 Å². The molecule has 0 aliphatic carbocycles. The lowest BCUT2D eigenvalue weighted by atomic mass is 9.98. The normalized spacial score (nSPS) is 17.7. The minimum absolute atomic E-state index is 0.0859. The van der Waals surface area contributed by atoms with Gasteiger partial charge in [0, 0.05) is 36.9 Å². The quantitative estimate of drug-likeness (QED) is 0.801. The van der Waals surface area contributed by atoms with Crippen molar-refractivity contribution in [3.63, 3.8) is 0 Å². The fraction of sp³-hybridized carbons (Fsp3) is 0.471. The summed E-state index contributed by atoms with van der Waals surface area (Å²) in [5.74, 6) is 2.03. The molecule has 24 heavy (non-hydrogen) atoms. The first-order valence-electron chi connectivity index (χ1n) is 8.18. The van der Waals surface area contributed by atoms with Crippen LogP contribution in [0.2, 0.25) is 0 Å². The summed E-state index contributed by atoms with van der Waals surface area (Å²) in [4.78, 5) is 23.1. The fourth-order valence-corrected chi connectivity index (χ4v) is 4.49. The third-order valence-electron chi connectivity index (χ3n) is 4.00. The molecule has 0 bridgehead atoms. The van der Waals surface area contributed by atoms with Crippen LogP contribution in [0.3, 0.4) is 0 Å². The van der Waals surface area contributed by atoms with Crippen LogP contribution in [0.15, 0.2) is 34.1 Å². The first-order chi connectivity index (χ1) is 11.7. The maximum absolute atomic E-state index is 12.0. The van der Waals surface area contributed by atoms with Crippen molar-refractivity contribution in [2.24, 2.45) is 5.92 Å². The summed E-state index contributed by atoms with van der Waals surface area (Å²) in [5.41, 5.74) is 1.01. The highest BCUT2D eigenvalue weighted by Gasteiger charge is 2.21. The van der Waals surface area contributed by atoms with Crippen LogP contribution < -0.4 is 10.2 Å². The second kappa shape index (κ2) is 8.48. The lowest BCUT2D eigenvalue weighted by Crippen LogP contribution is -2.41. The van der Waals surface area contributed by atoms with E-state index < -0.39 is 0 Å². The summed E-state index contributed by atoms with van der Waals surface area (Å²) < 4.78 is 0.960. The number of anilines is 1. The molecule has 0 radical (unpaired) electrons. The van der Waals surface area contributed by atoms with Crippen molar-refractivity contribution in [3.8, 4) is 0 Å². The van der Waals surface area contributed by atoms with E-state index >= 15 is 0 Å². The molecule has 128 valence electrons. The van der Waals surface area contributed by atoms with Gasteiger partial charge in [-0.15, -0.1) is 11.3 Å². The zero-order chi connectivity index (χ0) is 16.8. The smallest absolute Gasteiger partial charge is 0.230 e. The maximum Gasteiger partial charge on any atom is 0.230 e. The number of thioether (sulfide) groups is 1. The standard InChI is InChI=1S/C17H22N4OS2/c1-13-11-23-17(20-13)24-12-16(22)19-9-14-5-4-8-21(10-14)15-6-2-3-7-18-15/h2-3,6-7,11,14H,4-5,8-10,12H2,1H3,(H,19,22)/t14-/m0/s1. The summed E-state index contributed by atoms with van der Waals surface area (Å²) in [6.07, 6.45) is 4.13.